The number of nitrogens with zero attached hydrogens (tertiary/aromatic N) is 4. The van der Waals surface area contributed by atoms with Crippen LogP contribution in [0.2, 0.25) is 0 Å². The number of hydrogen-bond acceptors (Lipinski definition) is 2. The standard InChI is InChI=1S/C42H26N4/c43-26-30-13-10-22-41(46-38-20-7-3-16-33(38)34-17-4-8-21-39(34)46)42(30)29-12-9-11-28(25-29)35-27-44-24-23-40(35)45-36-18-5-1-14-31(36)32-15-2-6-19-37(32)45/h1-25,27H. The highest BCUT2D eigenvalue weighted by Gasteiger charge is 2.20. The average Bonchev–Trinajstić information content (AvgIpc) is 3.64. The molecular formula is C42H26N4. The highest BCUT2D eigenvalue weighted by atomic mass is 15.0. The fourth-order valence-electron chi connectivity index (χ4n) is 7.13. The third kappa shape index (κ3) is 3.83. The van der Waals surface area contributed by atoms with Crippen LogP contribution in [0.1, 0.15) is 5.56 Å². The molecule has 46 heavy (non-hydrogen) atoms. The minimum Gasteiger partial charge on any atom is -0.309 e. The molecule has 6 aromatic carbocycles. The average molecular weight is 587 g/mol. The summed E-state index contributed by atoms with van der Waals surface area (Å²) in [4.78, 5) is 4.58. The number of hydrogen-bond donors (Lipinski definition) is 0. The molecule has 0 aliphatic carbocycles. The van der Waals surface area contributed by atoms with Gasteiger partial charge in [0.2, 0.25) is 0 Å². The van der Waals surface area contributed by atoms with Gasteiger partial charge >= 0.3 is 0 Å². The first-order chi connectivity index (χ1) is 22.8. The molecule has 3 heterocycles. The van der Waals surface area contributed by atoms with Crippen molar-refractivity contribution in [2.45, 2.75) is 0 Å². The van der Waals surface area contributed by atoms with Crippen LogP contribution < -0.4 is 0 Å². The SMILES string of the molecule is N#Cc1cccc(-n2c3ccccc3c3ccccc32)c1-c1cccc(-c2cnccc2-n2c3ccccc3c3ccccc32)c1. The van der Waals surface area contributed by atoms with E-state index in [1.54, 1.807) is 0 Å². The monoisotopic (exact) mass is 586 g/mol. The van der Waals surface area contributed by atoms with Crippen molar-refractivity contribution in [3.8, 4) is 39.7 Å². The van der Waals surface area contributed by atoms with Crippen LogP contribution in [0.4, 0.5) is 0 Å². The zero-order valence-electron chi connectivity index (χ0n) is 24.8. The molecule has 214 valence electrons. The van der Waals surface area contributed by atoms with Crippen molar-refractivity contribution >= 4 is 43.6 Å². The molecule has 0 bridgehead atoms. The molecule has 3 aromatic heterocycles. The van der Waals surface area contributed by atoms with Gasteiger partial charge in [-0.1, -0.05) is 97.1 Å². The number of fused-ring (bicyclic) bond motifs is 6. The number of para-hydroxylation sites is 4. The lowest BCUT2D eigenvalue weighted by atomic mass is 9.94. The van der Waals surface area contributed by atoms with E-state index in [4.69, 9.17) is 0 Å². The summed E-state index contributed by atoms with van der Waals surface area (Å²) in [5.74, 6) is 0. The van der Waals surface area contributed by atoms with E-state index < -0.39 is 0 Å². The van der Waals surface area contributed by atoms with Crippen molar-refractivity contribution in [1.29, 1.82) is 5.26 Å². The van der Waals surface area contributed by atoms with Gasteiger partial charge in [-0.3, -0.25) is 4.98 Å². The van der Waals surface area contributed by atoms with Crippen LogP contribution >= 0.6 is 0 Å². The predicted molar refractivity (Wildman–Crippen MR) is 189 cm³/mol. The zero-order valence-corrected chi connectivity index (χ0v) is 24.8. The van der Waals surface area contributed by atoms with Crippen LogP contribution in [-0.2, 0) is 0 Å². The molecule has 9 rings (SSSR count). The van der Waals surface area contributed by atoms with E-state index in [2.05, 4.69) is 154 Å². The molecule has 0 radical (unpaired) electrons. The minimum atomic E-state index is 0.630. The van der Waals surface area contributed by atoms with Crippen LogP contribution in [0.3, 0.4) is 0 Å². The Morgan fingerprint density at radius 1 is 0.478 bits per heavy atom. The van der Waals surface area contributed by atoms with Crippen LogP contribution in [-0.4, -0.2) is 14.1 Å². The zero-order chi connectivity index (χ0) is 30.6. The molecule has 0 aliphatic rings. The van der Waals surface area contributed by atoms with Crippen molar-refractivity contribution in [3.05, 3.63) is 164 Å². The molecule has 0 fully saturated rings. The molecule has 4 heteroatoms. The molecule has 0 aliphatic heterocycles. The van der Waals surface area contributed by atoms with E-state index in [1.165, 1.54) is 21.5 Å². The Morgan fingerprint density at radius 2 is 0.978 bits per heavy atom. The fraction of sp³-hybridized carbons (Fsp3) is 0. The van der Waals surface area contributed by atoms with Crippen molar-refractivity contribution in [2.75, 3.05) is 0 Å². The summed E-state index contributed by atoms with van der Waals surface area (Å²) in [5, 5.41) is 15.2. The summed E-state index contributed by atoms with van der Waals surface area (Å²) >= 11 is 0. The largest absolute Gasteiger partial charge is 0.309 e. The molecule has 0 saturated carbocycles. The maximum Gasteiger partial charge on any atom is 0.0998 e. The quantitative estimate of drug-likeness (QED) is 0.206. The lowest BCUT2D eigenvalue weighted by Gasteiger charge is -2.17. The van der Waals surface area contributed by atoms with Gasteiger partial charge in [0.15, 0.2) is 0 Å². The maximum absolute atomic E-state index is 10.4. The van der Waals surface area contributed by atoms with Gasteiger partial charge in [0.1, 0.15) is 0 Å². The number of pyridine rings is 1. The molecule has 0 unspecified atom stereocenters. The number of aromatic nitrogens is 3. The number of nitriles is 1. The summed E-state index contributed by atoms with van der Waals surface area (Å²) in [6.07, 6.45) is 3.81. The molecule has 0 N–H and O–H groups in total. The van der Waals surface area contributed by atoms with E-state index in [1.807, 2.05) is 24.5 Å². The second kappa shape index (κ2) is 10.3. The summed E-state index contributed by atoms with van der Waals surface area (Å²) in [6, 6.07) is 53.2. The molecule has 4 nitrogen and oxygen atoms in total. The van der Waals surface area contributed by atoms with Gasteiger partial charge in [0.25, 0.3) is 0 Å². The van der Waals surface area contributed by atoms with Crippen LogP contribution in [0.25, 0.3) is 77.2 Å². The van der Waals surface area contributed by atoms with Gasteiger partial charge in [0, 0.05) is 45.1 Å². The molecular weight excluding hydrogens is 560 g/mol. The normalized spacial score (nSPS) is 11.5. The summed E-state index contributed by atoms with van der Waals surface area (Å²) < 4.78 is 4.63. The van der Waals surface area contributed by atoms with Crippen molar-refractivity contribution in [3.63, 3.8) is 0 Å². The first-order valence-corrected chi connectivity index (χ1v) is 15.4. The van der Waals surface area contributed by atoms with Crippen molar-refractivity contribution in [1.82, 2.24) is 14.1 Å². The highest BCUT2D eigenvalue weighted by Crippen LogP contribution is 2.40. The Bertz CT molecular complexity index is 2560. The van der Waals surface area contributed by atoms with Gasteiger partial charge in [-0.05, 0) is 59.7 Å². The van der Waals surface area contributed by atoms with Gasteiger partial charge < -0.3 is 9.13 Å². The highest BCUT2D eigenvalue weighted by molar-refractivity contribution is 6.11. The fourth-order valence-corrected chi connectivity index (χ4v) is 7.13. The first kappa shape index (κ1) is 26.0. The van der Waals surface area contributed by atoms with E-state index in [0.717, 1.165) is 55.7 Å². The Morgan fingerprint density at radius 3 is 1.54 bits per heavy atom. The van der Waals surface area contributed by atoms with Gasteiger partial charge in [-0.15, -0.1) is 0 Å². The van der Waals surface area contributed by atoms with Crippen LogP contribution in [0.15, 0.2) is 158 Å². The molecule has 0 spiro atoms. The lowest BCUT2D eigenvalue weighted by molar-refractivity contribution is 1.16. The molecule has 0 saturated heterocycles. The van der Waals surface area contributed by atoms with Gasteiger partial charge in [-0.25, -0.2) is 0 Å². The Kier molecular flexibility index (Phi) is 5.84. The summed E-state index contributed by atoms with van der Waals surface area (Å²) in [6.45, 7) is 0. The number of benzene rings is 6. The van der Waals surface area contributed by atoms with E-state index in [-0.39, 0.29) is 0 Å². The topological polar surface area (TPSA) is 46.5 Å². The number of rotatable bonds is 4. The lowest BCUT2D eigenvalue weighted by Crippen LogP contribution is -2.00. The predicted octanol–water partition coefficient (Wildman–Crippen LogP) is 10.5. The summed E-state index contributed by atoms with van der Waals surface area (Å²) in [5.41, 5.74) is 11.1. The Balaban J connectivity index is 1.29. The van der Waals surface area contributed by atoms with Gasteiger partial charge in [-0.2, -0.15) is 5.26 Å². The van der Waals surface area contributed by atoms with E-state index in [9.17, 15) is 5.26 Å². The smallest absolute Gasteiger partial charge is 0.0998 e. The third-order valence-electron chi connectivity index (χ3n) is 9.07. The summed E-state index contributed by atoms with van der Waals surface area (Å²) in [7, 11) is 0. The molecule has 0 amide bonds. The van der Waals surface area contributed by atoms with Crippen molar-refractivity contribution < 1.29 is 0 Å². The molecule has 9 aromatic rings. The van der Waals surface area contributed by atoms with Crippen LogP contribution in [0, 0.1) is 11.3 Å². The Hall–Kier alpha value is -6.44. The van der Waals surface area contributed by atoms with E-state index >= 15 is 0 Å². The van der Waals surface area contributed by atoms with Gasteiger partial charge in [0.05, 0.1) is 45.1 Å². The first-order valence-electron chi connectivity index (χ1n) is 15.4. The second-order valence-corrected chi connectivity index (χ2v) is 11.5. The van der Waals surface area contributed by atoms with E-state index in [0.29, 0.717) is 5.56 Å². The maximum atomic E-state index is 10.4. The minimum absolute atomic E-state index is 0.630. The Labute approximate surface area is 265 Å². The second-order valence-electron chi connectivity index (χ2n) is 11.5. The van der Waals surface area contributed by atoms with Crippen LogP contribution in [0.5, 0.6) is 0 Å². The molecule has 0 atom stereocenters. The third-order valence-corrected chi connectivity index (χ3v) is 9.07. The van der Waals surface area contributed by atoms with Crippen molar-refractivity contribution in [2.24, 2.45) is 0 Å².